The van der Waals surface area contributed by atoms with Gasteiger partial charge in [-0.15, -0.1) is 0 Å². The number of aliphatic hydroxyl groups is 1. The number of methoxy groups -OCH3 is 2. The molecule has 2 aromatic carbocycles. The van der Waals surface area contributed by atoms with Crippen molar-refractivity contribution < 1.29 is 33.3 Å². The minimum absolute atomic E-state index is 0.154. The van der Waals surface area contributed by atoms with Crippen LogP contribution >= 0.6 is 0 Å². The maximum absolute atomic E-state index is 11.3. The van der Waals surface area contributed by atoms with Gasteiger partial charge in [0.15, 0.2) is 0 Å². The second kappa shape index (κ2) is 14.7. The molecule has 1 fully saturated rings. The Balaban J connectivity index is 0.000000224. The van der Waals surface area contributed by atoms with Gasteiger partial charge in [-0.2, -0.15) is 0 Å². The fourth-order valence-electron chi connectivity index (χ4n) is 3.63. The second-order valence-corrected chi connectivity index (χ2v) is 7.34. The third-order valence-electron chi connectivity index (χ3n) is 5.26. The highest BCUT2D eigenvalue weighted by Crippen LogP contribution is 2.31. The van der Waals surface area contributed by atoms with Crippen molar-refractivity contribution in [2.45, 2.75) is 31.8 Å². The van der Waals surface area contributed by atoms with Gasteiger partial charge in [-0.05, 0) is 41.7 Å². The first kappa shape index (κ1) is 26.8. The van der Waals surface area contributed by atoms with Crippen LogP contribution in [0, 0.1) is 0 Å². The van der Waals surface area contributed by atoms with E-state index in [2.05, 4.69) is 4.74 Å². The zero-order valence-corrected chi connectivity index (χ0v) is 19.9. The standard InChI is InChI=1S/C13H16O3.C13H12O3.CH4O/c2*1-15-13(14)9-10-5-2-3-6-11(10)12-7-4-8-16-12;1-2/h2-3,5-6,12H,4,7-9H2,1H3;2-8H,9H2,1H3;2H,1H3. The number of carbonyl (C=O) groups is 2. The Labute approximate surface area is 200 Å². The third kappa shape index (κ3) is 7.86. The molecule has 4 rings (SSSR count). The van der Waals surface area contributed by atoms with E-state index in [1.807, 2.05) is 60.7 Å². The van der Waals surface area contributed by atoms with Crippen molar-refractivity contribution in [3.8, 4) is 11.3 Å². The molecule has 1 aromatic heterocycles. The van der Waals surface area contributed by atoms with E-state index in [0.29, 0.717) is 6.42 Å². The Morgan fingerprint density at radius 1 is 0.882 bits per heavy atom. The van der Waals surface area contributed by atoms with Crippen LogP contribution < -0.4 is 0 Å². The Bertz CT molecular complexity index is 1010. The molecule has 1 unspecified atom stereocenters. The molecule has 0 amide bonds. The van der Waals surface area contributed by atoms with Gasteiger partial charge in [0, 0.05) is 19.3 Å². The summed E-state index contributed by atoms with van der Waals surface area (Å²) in [7, 11) is 3.80. The molecule has 0 spiro atoms. The van der Waals surface area contributed by atoms with Gasteiger partial charge in [0.05, 0.1) is 39.4 Å². The summed E-state index contributed by atoms with van der Waals surface area (Å²) in [6.07, 6.45) is 4.49. The number of hydrogen-bond acceptors (Lipinski definition) is 7. The summed E-state index contributed by atoms with van der Waals surface area (Å²) in [5.41, 5.74) is 3.98. The lowest BCUT2D eigenvalue weighted by Gasteiger charge is -2.14. The minimum Gasteiger partial charge on any atom is -0.469 e. The number of carbonyl (C=O) groups excluding carboxylic acids is 2. The van der Waals surface area contributed by atoms with Gasteiger partial charge >= 0.3 is 11.9 Å². The maximum Gasteiger partial charge on any atom is 0.310 e. The monoisotopic (exact) mass is 468 g/mol. The van der Waals surface area contributed by atoms with Crippen molar-refractivity contribution in [3.05, 3.63) is 83.6 Å². The van der Waals surface area contributed by atoms with Crippen molar-refractivity contribution in [1.82, 2.24) is 0 Å². The first-order valence-electron chi connectivity index (χ1n) is 11.0. The molecule has 34 heavy (non-hydrogen) atoms. The van der Waals surface area contributed by atoms with Crippen LogP contribution in [0.5, 0.6) is 0 Å². The largest absolute Gasteiger partial charge is 0.469 e. The Morgan fingerprint density at radius 2 is 1.50 bits per heavy atom. The molecule has 1 atom stereocenters. The molecule has 0 radical (unpaired) electrons. The van der Waals surface area contributed by atoms with E-state index in [1.165, 1.54) is 14.2 Å². The Kier molecular flexibility index (Phi) is 11.6. The van der Waals surface area contributed by atoms with E-state index >= 15 is 0 Å². The quantitative estimate of drug-likeness (QED) is 0.531. The normalized spacial score (nSPS) is 14.2. The van der Waals surface area contributed by atoms with Gasteiger partial charge in [-0.3, -0.25) is 9.59 Å². The number of benzene rings is 2. The number of aliphatic hydroxyl groups excluding tert-OH is 1. The van der Waals surface area contributed by atoms with E-state index in [4.69, 9.17) is 19.0 Å². The average molecular weight is 469 g/mol. The van der Waals surface area contributed by atoms with Gasteiger partial charge in [-0.1, -0.05) is 48.5 Å². The highest BCUT2D eigenvalue weighted by Gasteiger charge is 2.21. The second-order valence-electron chi connectivity index (χ2n) is 7.34. The van der Waals surface area contributed by atoms with Crippen LogP contribution in [0.25, 0.3) is 11.3 Å². The molecule has 1 aliphatic heterocycles. The average Bonchev–Trinajstić information content (AvgIpc) is 3.61. The van der Waals surface area contributed by atoms with Crippen LogP contribution in [0.2, 0.25) is 0 Å². The first-order valence-corrected chi connectivity index (χ1v) is 11.0. The molecular weight excluding hydrogens is 436 g/mol. The number of furan rings is 1. The smallest absolute Gasteiger partial charge is 0.310 e. The number of esters is 2. The third-order valence-corrected chi connectivity index (χ3v) is 5.26. The molecular formula is C27H32O7. The summed E-state index contributed by atoms with van der Waals surface area (Å²) in [6.45, 7) is 0.817. The van der Waals surface area contributed by atoms with Crippen LogP contribution in [0.3, 0.4) is 0 Å². The molecule has 2 heterocycles. The van der Waals surface area contributed by atoms with Gasteiger partial charge < -0.3 is 23.7 Å². The lowest BCUT2D eigenvalue weighted by atomic mass is 9.98. The Hall–Kier alpha value is -3.42. The molecule has 7 nitrogen and oxygen atoms in total. The van der Waals surface area contributed by atoms with Crippen molar-refractivity contribution >= 4 is 11.9 Å². The Morgan fingerprint density at radius 3 is 2.09 bits per heavy atom. The molecule has 7 heteroatoms. The van der Waals surface area contributed by atoms with Crippen molar-refractivity contribution in [3.63, 3.8) is 0 Å². The number of hydrogen-bond donors (Lipinski definition) is 1. The summed E-state index contributed by atoms with van der Waals surface area (Å²) >= 11 is 0. The van der Waals surface area contributed by atoms with E-state index < -0.39 is 0 Å². The van der Waals surface area contributed by atoms with Gasteiger partial charge in [0.1, 0.15) is 5.76 Å². The van der Waals surface area contributed by atoms with Crippen molar-refractivity contribution in [2.75, 3.05) is 27.9 Å². The van der Waals surface area contributed by atoms with E-state index in [-0.39, 0.29) is 24.5 Å². The topological polar surface area (TPSA) is 95.2 Å². The van der Waals surface area contributed by atoms with Crippen LogP contribution in [0.4, 0.5) is 0 Å². The summed E-state index contributed by atoms with van der Waals surface area (Å²) in [6, 6.07) is 19.3. The minimum atomic E-state index is -0.251. The van der Waals surface area contributed by atoms with Crippen molar-refractivity contribution in [1.29, 1.82) is 0 Å². The van der Waals surface area contributed by atoms with Gasteiger partial charge in [-0.25, -0.2) is 0 Å². The summed E-state index contributed by atoms with van der Waals surface area (Å²) in [4.78, 5) is 22.5. The molecule has 0 aliphatic carbocycles. The lowest BCUT2D eigenvalue weighted by Crippen LogP contribution is -2.08. The van der Waals surface area contributed by atoms with E-state index in [1.54, 1.807) is 6.26 Å². The maximum atomic E-state index is 11.3. The highest BCUT2D eigenvalue weighted by atomic mass is 16.5. The summed E-state index contributed by atoms with van der Waals surface area (Å²) < 4.78 is 20.3. The van der Waals surface area contributed by atoms with Crippen molar-refractivity contribution in [2.24, 2.45) is 0 Å². The van der Waals surface area contributed by atoms with Crippen LogP contribution in [-0.2, 0) is 36.6 Å². The molecule has 1 aliphatic rings. The molecule has 0 saturated carbocycles. The SMILES string of the molecule is CO.COC(=O)Cc1ccccc1-c1ccco1.COC(=O)Cc1ccccc1C1CCCO1. The molecule has 182 valence electrons. The molecule has 0 bridgehead atoms. The number of ether oxygens (including phenoxy) is 3. The summed E-state index contributed by atoms with van der Waals surface area (Å²) in [5, 5.41) is 7.00. The fourth-order valence-corrected chi connectivity index (χ4v) is 3.63. The zero-order chi connectivity index (χ0) is 24.8. The molecule has 1 N–H and O–H groups in total. The number of rotatable bonds is 6. The molecule has 1 saturated heterocycles. The first-order chi connectivity index (χ1) is 16.6. The van der Waals surface area contributed by atoms with Gasteiger partial charge in [0.25, 0.3) is 0 Å². The highest BCUT2D eigenvalue weighted by molar-refractivity contribution is 5.76. The van der Waals surface area contributed by atoms with E-state index in [9.17, 15) is 9.59 Å². The predicted molar refractivity (Wildman–Crippen MR) is 128 cm³/mol. The lowest BCUT2D eigenvalue weighted by molar-refractivity contribution is -0.140. The van der Waals surface area contributed by atoms with Crippen LogP contribution in [0.1, 0.15) is 35.6 Å². The fraction of sp³-hybridized carbons (Fsp3) is 0.333. The zero-order valence-electron chi connectivity index (χ0n) is 19.9. The van der Waals surface area contributed by atoms with Crippen LogP contribution in [0.15, 0.2) is 71.3 Å². The van der Waals surface area contributed by atoms with Gasteiger partial charge in [0.2, 0.25) is 0 Å². The molecule has 3 aromatic rings. The predicted octanol–water partition coefficient (Wildman–Crippen LogP) is 4.52. The summed E-state index contributed by atoms with van der Waals surface area (Å²) in [5.74, 6) is 0.309. The van der Waals surface area contributed by atoms with E-state index in [0.717, 1.165) is 54.6 Å². The van der Waals surface area contributed by atoms with Crippen LogP contribution in [-0.4, -0.2) is 45.0 Å².